The summed E-state index contributed by atoms with van der Waals surface area (Å²) in [6, 6.07) is 7.33. The monoisotopic (exact) mass is 384 g/mol. The number of halogens is 1. The first-order valence-electron chi connectivity index (χ1n) is 8.24. The highest BCUT2D eigenvalue weighted by Crippen LogP contribution is 2.25. The maximum atomic E-state index is 12.4. The van der Waals surface area contributed by atoms with Crippen LogP contribution in [0.15, 0.2) is 24.3 Å². The fourth-order valence-electron chi connectivity index (χ4n) is 3.18. The van der Waals surface area contributed by atoms with Crippen molar-refractivity contribution in [2.24, 2.45) is 5.92 Å². The Kier molecular flexibility index (Phi) is 5.36. The fourth-order valence-corrected chi connectivity index (χ4v) is 3.80. The van der Waals surface area contributed by atoms with E-state index in [1.54, 1.807) is 12.1 Å². The fraction of sp³-hybridized carbons (Fsp3) is 0.471. The number of amides is 1. The topological polar surface area (TPSA) is 88.3 Å². The van der Waals surface area contributed by atoms with E-state index >= 15 is 0 Å². The normalized spacial score (nSPS) is 21.4. The largest absolute Gasteiger partial charge is 0.351 e. The molecular formula is C17H21ClN2O4S. The van der Waals surface area contributed by atoms with Crippen molar-refractivity contribution in [3.05, 3.63) is 35.0 Å². The maximum Gasteiger partial charge on any atom is 0.267 e. The molecule has 0 saturated heterocycles. The summed E-state index contributed by atoms with van der Waals surface area (Å²) in [6.07, 6.45) is 4.36. The van der Waals surface area contributed by atoms with Gasteiger partial charge in [0.05, 0.1) is 12.9 Å². The Hall–Kier alpha value is -1.57. The lowest BCUT2D eigenvalue weighted by Crippen LogP contribution is -2.38. The van der Waals surface area contributed by atoms with Gasteiger partial charge in [0, 0.05) is 22.0 Å². The zero-order chi connectivity index (χ0) is 18.0. The molecule has 3 rings (SSSR count). The minimum absolute atomic E-state index is 0.0944. The Morgan fingerprint density at radius 1 is 1.28 bits per heavy atom. The highest BCUT2D eigenvalue weighted by Gasteiger charge is 2.24. The highest BCUT2D eigenvalue weighted by molar-refractivity contribution is 7.85. The van der Waals surface area contributed by atoms with Gasteiger partial charge in [-0.3, -0.25) is 8.98 Å². The third kappa shape index (κ3) is 4.96. The molecule has 1 aromatic heterocycles. The minimum atomic E-state index is -3.39. The second-order valence-electron chi connectivity index (χ2n) is 6.59. The van der Waals surface area contributed by atoms with E-state index in [1.807, 2.05) is 12.1 Å². The molecule has 1 saturated carbocycles. The summed E-state index contributed by atoms with van der Waals surface area (Å²) < 4.78 is 27.0. The van der Waals surface area contributed by atoms with Crippen LogP contribution in [0.3, 0.4) is 0 Å². The van der Waals surface area contributed by atoms with Crippen LogP contribution in [-0.4, -0.2) is 38.2 Å². The van der Waals surface area contributed by atoms with Gasteiger partial charge in [-0.25, -0.2) is 0 Å². The summed E-state index contributed by atoms with van der Waals surface area (Å²) in [5, 5.41) is 4.58. The number of benzene rings is 1. The standard InChI is InChI=1S/C17H21ClN2O4S/c1-25(22,23)24-10-11-2-5-14(6-3-11)19-17(21)16-9-12-8-13(18)4-7-15(12)20-16/h4,7-9,11,14,20H,2-3,5-6,10H2,1H3,(H,19,21)/t11-,14-. The first-order chi connectivity index (χ1) is 11.8. The molecule has 0 spiro atoms. The number of hydrogen-bond acceptors (Lipinski definition) is 4. The van der Waals surface area contributed by atoms with E-state index in [0.717, 1.165) is 42.8 Å². The van der Waals surface area contributed by atoms with Gasteiger partial charge in [0.1, 0.15) is 5.69 Å². The van der Waals surface area contributed by atoms with Gasteiger partial charge >= 0.3 is 0 Å². The number of hydrogen-bond donors (Lipinski definition) is 2. The number of aromatic nitrogens is 1. The molecule has 0 unspecified atom stereocenters. The number of rotatable bonds is 5. The molecule has 25 heavy (non-hydrogen) atoms. The van der Waals surface area contributed by atoms with E-state index < -0.39 is 10.1 Å². The lowest BCUT2D eigenvalue weighted by molar-refractivity contribution is 0.0913. The van der Waals surface area contributed by atoms with Crippen LogP contribution >= 0.6 is 11.6 Å². The van der Waals surface area contributed by atoms with E-state index in [9.17, 15) is 13.2 Å². The molecule has 0 radical (unpaired) electrons. The third-order valence-electron chi connectivity index (χ3n) is 4.53. The molecule has 2 aromatic rings. The van der Waals surface area contributed by atoms with Crippen molar-refractivity contribution < 1.29 is 17.4 Å². The average Bonchev–Trinajstić information content (AvgIpc) is 2.96. The lowest BCUT2D eigenvalue weighted by Gasteiger charge is -2.28. The molecule has 0 aliphatic heterocycles. The minimum Gasteiger partial charge on any atom is -0.351 e. The molecule has 136 valence electrons. The molecule has 1 fully saturated rings. The molecule has 2 N–H and O–H groups in total. The molecule has 1 aliphatic carbocycles. The first-order valence-corrected chi connectivity index (χ1v) is 10.4. The van der Waals surface area contributed by atoms with Crippen molar-refractivity contribution in [3.63, 3.8) is 0 Å². The quantitative estimate of drug-likeness (QED) is 0.775. The Bertz CT molecular complexity index is 870. The van der Waals surface area contributed by atoms with Gasteiger partial charge < -0.3 is 10.3 Å². The van der Waals surface area contributed by atoms with E-state index in [1.165, 1.54) is 0 Å². The number of fused-ring (bicyclic) bond motifs is 1. The van der Waals surface area contributed by atoms with Gasteiger partial charge in [0.15, 0.2) is 0 Å². The average molecular weight is 385 g/mol. The molecule has 1 amide bonds. The number of carbonyl (C=O) groups is 1. The van der Waals surface area contributed by atoms with Crippen molar-refractivity contribution in [2.45, 2.75) is 31.7 Å². The van der Waals surface area contributed by atoms with Crippen LogP contribution in [0.4, 0.5) is 0 Å². The molecule has 0 bridgehead atoms. The van der Waals surface area contributed by atoms with E-state index in [0.29, 0.717) is 10.7 Å². The van der Waals surface area contributed by atoms with Crippen molar-refractivity contribution in [1.82, 2.24) is 10.3 Å². The summed E-state index contributed by atoms with van der Waals surface area (Å²) in [6.45, 7) is 0.224. The van der Waals surface area contributed by atoms with Gasteiger partial charge in [-0.2, -0.15) is 8.42 Å². The van der Waals surface area contributed by atoms with Crippen LogP contribution in [-0.2, 0) is 14.3 Å². The van der Waals surface area contributed by atoms with E-state index in [-0.39, 0.29) is 24.5 Å². The third-order valence-corrected chi connectivity index (χ3v) is 5.33. The van der Waals surface area contributed by atoms with Crippen molar-refractivity contribution in [1.29, 1.82) is 0 Å². The zero-order valence-corrected chi connectivity index (χ0v) is 15.5. The molecule has 8 heteroatoms. The number of H-pyrrole nitrogens is 1. The first kappa shape index (κ1) is 18.2. The molecule has 1 aliphatic rings. The Morgan fingerprint density at radius 2 is 2.00 bits per heavy atom. The predicted molar refractivity (Wildman–Crippen MR) is 97.3 cm³/mol. The summed E-state index contributed by atoms with van der Waals surface area (Å²) in [7, 11) is -3.39. The van der Waals surface area contributed by atoms with Crippen molar-refractivity contribution in [2.75, 3.05) is 12.9 Å². The molecule has 1 heterocycles. The van der Waals surface area contributed by atoms with Gasteiger partial charge in [-0.15, -0.1) is 0 Å². The zero-order valence-electron chi connectivity index (χ0n) is 13.9. The number of aromatic amines is 1. The Morgan fingerprint density at radius 3 is 2.68 bits per heavy atom. The highest BCUT2D eigenvalue weighted by atomic mass is 35.5. The van der Waals surface area contributed by atoms with Gasteiger partial charge in [-0.1, -0.05) is 11.6 Å². The van der Waals surface area contributed by atoms with Crippen molar-refractivity contribution >= 4 is 38.5 Å². The number of nitrogens with one attached hydrogen (secondary N) is 2. The van der Waals surface area contributed by atoms with Gasteiger partial charge in [0.25, 0.3) is 16.0 Å². The van der Waals surface area contributed by atoms with Gasteiger partial charge in [0.2, 0.25) is 0 Å². The van der Waals surface area contributed by atoms with Crippen LogP contribution in [0, 0.1) is 5.92 Å². The van der Waals surface area contributed by atoms with Crippen LogP contribution < -0.4 is 5.32 Å². The summed E-state index contributed by atoms with van der Waals surface area (Å²) >= 11 is 5.97. The second-order valence-corrected chi connectivity index (χ2v) is 8.67. The number of carbonyl (C=O) groups excluding carboxylic acids is 1. The van der Waals surface area contributed by atoms with Crippen LogP contribution in [0.25, 0.3) is 10.9 Å². The molecular weight excluding hydrogens is 364 g/mol. The Labute approximate surface area is 152 Å². The van der Waals surface area contributed by atoms with E-state index in [2.05, 4.69) is 10.3 Å². The Balaban J connectivity index is 1.53. The summed E-state index contributed by atoms with van der Waals surface area (Å²) in [5.74, 6) is 0.0845. The van der Waals surface area contributed by atoms with Crippen LogP contribution in [0.2, 0.25) is 5.02 Å². The summed E-state index contributed by atoms with van der Waals surface area (Å²) in [5.41, 5.74) is 1.39. The predicted octanol–water partition coefficient (Wildman–Crippen LogP) is 3.09. The molecule has 6 nitrogen and oxygen atoms in total. The molecule has 0 atom stereocenters. The van der Waals surface area contributed by atoms with Crippen LogP contribution in [0.5, 0.6) is 0 Å². The maximum absolute atomic E-state index is 12.4. The lowest BCUT2D eigenvalue weighted by atomic mass is 9.86. The SMILES string of the molecule is CS(=O)(=O)OC[C@H]1CC[C@H](NC(=O)c2cc3cc(Cl)ccc3[nH]2)CC1. The van der Waals surface area contributed by atoms with Crippen molar-refractivity contribution in [3.8, 4) is 0 Å². The van der Waals surface area contributed by atoms with Gasteiger partial charge in [-0.05, 0) is 55.9 Å². The smallest absolute Gasteiger partial charge is 0.267 e. The van der Waals surface area contributed by atoms with E-state index in [4.69, 9.17) is 15.8 Å². The summed E-state index contributed by atoms with van der Waals surface area (Å²) in [4.78, 5) is 15.5. The second kappa shape index (κ2) is 7.35. The van der Waals surface area contributed by atoms with Crippen LogP contribution in [0.1, 0.15) is 36.2 Å². The molecule has 1 aromatic carbocycles.